The molecule has 0 unspecified atom stereocenters. The molecule has 0 bridgehead atoms. The Balaban J connectivity index is 3.79. The first-order valence-corrected chi connectivity index (χ1v) is 13.5. The fraction of sp³-hybridized carbons (Fsp3) is 1.00. The van der Waals surface area contributed by atoms with Crippen molar-refractivity contribution in [2.24, 2.45) is 0 Å². The minimum absolute atomic E-state index is 0.395. The molecule has 0 aliphatic carbocycles. The Morgan fingerprint density at radius 1 is 1.09 bits per heavy atom. The van der Waals surface area contributed by atoms with E-state index in [4.69, 9.17) is 4.12 Å². The first-order valence-electron chi connectivity index (χ1n) is 4.51. The highest BCUT2D eigenvalue weighted by Crippen LogP contribution is 2.14. The molecule has 0 fully saturated rings. The summed E-state index contributed by atoms with van der Waals surface area (Å²) in [6.45, 7) is 14.1. The molecule has 0 atom stereocenters. The van der Waals surface area contributed by atoms with Crippen LogP contribution >= 0.6 is 0 Å². The van der Waals surface area contributed by atoms with Crippen molar-refractivity contribution in [3.63, 3.8) is 0 Å². The van der Waals surface area contributed by atoms with Gasteiger partial charge in [-0.25, -0.2) is 0 Å². The minimum atomic E-state index is -1.21. The smallest absolute Gasteiger partial charge is 0.170 e. The predicted molar refractivity (Wildman–Crippen MR) is 61.1 cm³/mol. The molecule has 0 saturated heterocycles. The van der Waals surface area contributed by atoms with Crippen LogP contribution in [0.15, 0.2) is 0 Å². The summed E-state index contributed by atoms with van der Waals surface area (Å²) in [7, 11) is -2.37. The van der Waals surface area contributed by atoms with Gasteiger partial charge in [0.25, 0.3) is 0 Å². The van der Waals surface area contributed by atoms with Crippen LogP contribution in [0, 0.1) is 0 Å². The monoisotopic (exact) mass is 206 g/mol. The highest BCUT2D eigenvalue weighted by Gasteiger charge is 2.24. The van der Waals surface area contributed by atoms with Crippen LogP contribution in [0.5, 0.6) is 0 Å². The van der Waals surface area contributed by atoms with Gasteiger partial charge in [-0.15, -0.1) is 0 Å². The lowest BCUT2D eigenvalue weighted by molar-refractivity contribution is 0.579. The third-order valence-corrected chi connectivity index (χ3v) is 13.1. The van der Waals surface area contributed by atoms with Crippen LogP contribution in [0.4, 0.5) is 0 Å². The predicted octanol–water partition coefficient (Wildman–Crippen LogP) is 2.22. The summed E-state index contributed by atoms with van der Waals surface area (Å²) in [6, 6.07) is 0. The largest absolute Gasteiger partial charge is 0.458 e. The maximum atomic E-state index is 6.06. The van der Waals surface area contributed by atoms with Crippen molar-refractivity contribution < 1.29 is 4.12 Å². The zero-order valence-corrected chi connectivity index (χ0v) is 12.1. The molecule has 0 N–H and O–H groups in total. The van der Waals surface area contributed by atoms with Crippen LogP contribution in [0.3, 0.4) is 0 Å². The molecule has 11 heavy (non-hydrogen) atoms. The Bertz CT molecular complexity index is 100. The summed E-state index contributed by atoms with van der Waals surface area (Å²) in [4.78, 5) is 0. The molecule has 4 heteroatoms. The Morgan fingerprint density at radius 2 is 1.55 bits per heavy atom. The second-order valence-electron chi connectivity index (χ2n) is 4.52. The highest BCUT2D eigenvalue weighted by molar-refractivity contribution is 6.87. The van der Waals surface area contributed by atoms with E-state index in [9.17, 15) is 0 Å². The molecule has 0 amide bonds. The van der Waals surface area contributed by atoms with E-state index in [1.165, 1.54) is 5.67 Å². The number of rotatable bonds is 4. The fourth-order valence-corrected chi connectivity index (χ4v) is 15.9. The van der Waals surface area contributed by atoms with Crippen LogP contribution < -0.4 is 0 Å². The van der Waals surface area contributed by atoms with Crippen molar-refractivity contribution in [2.45, 2.75) is 44.9 Å². The van der Waals surface area contributed by atoms with Gasteiger partial charge in [0.1, 0.15) is 0 Å². The zero-order valence-electron chi connectivity index (χ0n) is 8.77. The molecule has 0 aromatic heterocycles. The van der Waals surface area contributed by atoms with E-state index in [1.54, 1.807) is 0 Å². The summed E-state index contributed by atoms with van der Waals surface area (Å²) in [5.41, 5.74) is 1.44. The van der Waals surface area contributed by atoms with Crippen LogP contribution in [0.1, 0.15) is 0 Å². The second kappa shape index (κ2) is 4.59. The fourth-order valence-electron chi connectivity index (χ4n) is 1.67. The van der Waals surface area contributed by atoms with Gasteiger partial charge in [-0.05, 0) is 31.9 Å². The Morgan fingerprint density at radius 3 is 1.82 bits per heavy atom. The van der Waals surface area contributed by atoms with E-state index in [1.807, 2.05) is 0 Å². The first-order chi connectivity index (χ1) is 4.83. The molecule has 0 aliphatic heterocycles. The molecule has 0 aromatic carbocycles. The van der Waals surface area contributed by atoms with Gasteiger partial charge in [0.2, 0.25) is 0 Å². The van der Waals surface area contributed by atoms with Crippen molar-refractivity contribution in [3.05, 3.63) is 0 Å². The molecule has 0 heterocycles. The van der Waals surface area contributed by atoms with Crippen LogP contribution in [-0.2, 0) is 4.12 Å². The van der Waals surface area contributed by atoms with Crippen LogP contribution in [-0.4, -0.2) is 26.2 Å². The minimum Gasteiger partial charge on any atom is -0.458 e. The molecule has 0 radical (unpaired) electrons. The molecule has 0 aromatic rings. The van der Waals surface area contributed by atoms with E-state index in [2.05, 4.69) is 39.3 Å². The second-order valence-corrected chi connectivity index (χ2v) is 15.5. The standard InChI is InChI=1S/C7H22OSi3/c1-9(2)7-11(5,6)8-10(3)4/h9-10H,7H2,1-6H3. The van der Waals surface area contributed by atoms with Gasteiger partial charge in [0.05, 0.1) is 0 Å². The lowest BCUT2D eigenvalue weighted by Crippen LogP contribution is -2.38. The van der Waals surface area contributed by atoms with Crippen molar-refractivity contribution in [1.82, 2.24) is 0 Å². The summed E-state index contributed by atoms with van der Waals surface area (Å²) in [5, 5.41) is 0. The number of hydrogen-bond acceptors (Lipinski definition) is 1. The summed E-state index contributed by atoms with van der Waals surface area (Å²) >= 11 is 0. The van der Waals surface area contributed by atoms with Crippen molar-refractivity contribution >= 4 is 26.2 Å². The summed E-state index contributed by atoms with van der Waals surface area (Å²) in [5.74, 6) is 0. The Kier molecular flexibility index (Phi) is 4.85. The van der Waals surface area contributed by atoms with Crippen molar-refractivity contribution in [2.75, 3.05) is 0 Å². The maximum Gasteiger partial charge on any atom is 0.170 e. The quantitative estimate of drug-likeness (QED) is 0.641. The molecule has 1 nitrogen and oxygen atoms in total. The molecular formula is C7H22OSi3. The van der Waals surface area contributed by atoms with Gasteiger partial charge in [0.15, 0.2) is 17.4 Å². The van der Waals surface area contributed by atoms with E-state index in [0.717, 1.165) is 0 Å². The lowest BCUT2D eigenvalue weighted by Gasteiger charge is -2.26. The van der Waals surface area contributed by atoms with Gasteiger partial charge < -0.3 is 4.12 Å². The van der Waals surface area contributed by atoms with Gasteiger partial charge in [-0.2, -0.15) is 0 Å². The molecule has 0 spiro atoms. The average Bonchev–Trinajstić information content (AvgIpc) is 1.53. The third-order valence-electron chi connectivity index (χ3n) is 1.45. The van der Waals surface area contributed by atoms with Crippen LogP contribution in [0.25, 0.3) is 0 Å². The van der Waals surface area contributed by atoms with Gasteiger partial charge in [-0.1, -0.05) is 13.1 Å². The molecule has 0 saturated carbocycles. The Hall–Kier alpha value is 0.611. The van der Waals surface area contributed by atoms with Crippen molar-refractivity contribution in [1.29, 1.82) is 0 Å². The number of hydrogen-bond donors (Lipinski definition) is 0. The molecule has 68 valence electrons. The third kappa shape index (κ3) is 6.99. The summed E-state index contributed by atoms with van der Waals surface area (Å²) < 4.78 is 6.06. The zero-order chi connectivity index (χ0) is 9.07. The average molecular weight is 207 g/mol. The van der Waals surface area contributed by atoms with Gasteiger partial charge in [0, 0.05) is 8.80 Å². The van der Waals surface area contributed by atoms with E-state index in [-0.39, 0.29) is 0 Å². The molecule has 0 aliphatic rings. The van der Waals surface area contributed by atoms with Gasteiger partial charge >= 0.3 is 0 Å². The lowest BCUT2D eigenvalue weighted by atomic mass is 11.8. The SMILES string of the molecule is C[SiH](C)C[Si](C)(C)O[SiH](C)C. The normalized spacial score (nSPS) is 13.1. The maximum absolute atomic E-state index is 6.06. The van der Waals surface area contributed by atoms with E-state index in [0.29, 0.717) is 0 Å². The van der Waals surface area contributed by atoms with Crippen LogP contribution in [0.2, 0.25) is 44.9 Å². The highest BCUT2D eigenvalue weighted by atomic mass is 28.4. The topological polar surface area (TPSA) is 9.23 Å². The van der Waals surface area contributed by atoms with E-state index >= 15 is 0 Å². The van der Waals surface area contributed by atoms with Gasteiger partial charge in [-0.3, -0.25) is 0 Å². The molecular weight excluding hydrogens is 184 g/mol. The van der Waals surface area contributed by atoms with E-state index < -0.39 is 26.2 Å². The molecule has 0 rings (SSSR count). The Labute approximate surface area is 75.6 Å². The van der Waals surface area contributed by atoms with Crippen molar-refractivity contribution in [3.8, 4) is 0 Å². The first kappa shape index (κ1) is 11.6. The summed E-state index contributed by atoms with van der Waals surface area (Å²) in [6.07, 6.45) is 0.